The van der Waals surface area contributed by atoms with Gasteiger partial charge in [0.1, 0.15) is 19.3 Å². The van der Waals surface area contributed by atoms with Gasteiger partial charge in [-0.3, -0.25) is 9.59 Å². The maximum absolute atomic E-state index is 13.3. The van der Waals surface area contributed by atoms with Crippen LogP contribution in [0.1, 0.15) is 22.7 Å². The maximum atomic E-state index is 13.3. The second kappa shape index (κ2) is 9.31. The first-order valence-electron chi connectivity index (χ1n) is 11.2. The Morgan fingerprint density at radius 2 is 1.74 bits per heavy atom. The molecule has 172 valence electrons. The largest absolute Gasteiger partial charge is 0.486 e. The quantitative estimate of drug-likeness (QED) is 0.405. The van der Waals surface area contributed by atoms with Gasteiger partial charge in [0.2, 0.25) is 5.91 Å². The van der Waals surface area contributed by atoms with Crippen molar-refractivity contribution < 1.29 is 19.1 Å². The van der Waals surface area contributed by atoms with Gasteiger partial charge in [0, 0.05) is 28.9 Å². The second-order valence-electron chi connectivity index (χ2n) is 8.30. The van der Waals surface area contributed by atoms with Gasteiger partial charge in [-0.05, 0) is 36.2 Å². The SMILES string of the molecule is Cc1ccc(C(NC(=O)Cc2c[nH]c3ccccc23)C(=O)Nc2ccc3c(c2)OCCO3)cc1. The molecule has 0 saturated heterocycles. The monoisotopic (exact) mass is 455 g/mol. The number of aryl methyl sites for hydroxylation is 1. The van der Waals surface area contributed by atoms with E-state index in [4.69, 9.17) is 9.47 Å². The highest BCUT2D eigenvalue weighted by Crippen LogP contribution is 2.33. The van der Waals surface area contributed by atoms with E-state index in [9.17, 15) is 9.59 Å². The Labute approximate surface area is 197 Å². The van der Waals surface area contributed by atoms with Crippen molar-refractivity contribution in [2.75, 3.05) is 18.5 Å². The molecular weight excluding hydrogens is 430 g/mol. The molecule has 2 amide bonds. The normalized spacial score (nSPS) is 13.3. The maximum Gasteiger partial charge on any atom is 0.251 e. The highest BCUT2D eigenvalue weighted by atomic mass is 16.6. The van der Waals surface area contributed by atoms with Crippen LogP contribution in [0.25, 0.3) is 10.9 Å². The molecule has 34 heavy (non-hydrogen) atoms. The van der Waals surface area contributed by atoms with Gasteiger partial charge in [-0.15, -0.1) is 0 Å². The fourth-order valence-corrected chi connectivity index (χ4v) is 4.06. The van der Waals surface area contributed by atoms with E-state index in [1.165, 1.54) is 0 Å². The van der Waals surface area contributed by atoms with Crippen molar-refractivity contribution in [2.24, 2.45) is 0 Å². The molecule has 7 heteroatoms. The average Bonchev–Trinajstić information content (AvgIpc) is 3.26. The highest BCUT2D eigenvalue weighted by Gasteiger charge is 2.24. The first-order chi connectivity index (χ1) is 16.6. The summed E-state index contributed by atoms with van der Waals surface area (Å²) in [6.07, 6.45) is 1.99. The number of carbonyl (C=O) groups is 2. The van der Waals surface area contributed by atoms with Gasteiger partial charge in [0.15, 0.2) is 11.5 Å². The molecule has 4 aromatic rings. The third-order valence-corrected chi connectivity index (χ3v) is 5.81. The van der Waals surface area contributed by atoms with Crippen LogP contribution >= 0.6 is 0 Å². The van der Waals surface area contributed by atoms with Gasteiger partial charge >= 0.3 is 0 Å². The standard InChI is InChI=1S/C27H25N3O4/c1-17-6-8-18(9-7-17)26(27(32)29-20-10-11-23-24(15-20)34-13-12-33-23)30-25(31)14-19-16-28-22-5-3-2-4-21(19)22/h2-11,15-16,26,28H,12-14H2,1H3,(H,29,32)(H,30,31). The first kappa shape index (κ1) is 21.6. The first-order valence-corrected chi connectivity index (χ1v) is 11.2. The van der Waals surface area contributed by atoms with E-state index in [1.54, 1.807) is 18.2 Å². The molecule has 5 rings (SSSR count). The number of anilines is 1. The number of para-hydroxylation sites is 1. The van der Waals surface area contributed by atoms with Crippen molar-refractivity contribution in [3.63, 3.8) is 0 Å². The molecule has 0 spiro atoms. The Morgan fingerprint density at radius 1 is 0.971 bits per heavy atom. The number of H-pyrrole nitrogens is 1. The summed E-state index contributed by atoms with van der Waals surface area (Å²) in [4.78, 5) is 29.5. The lowest BCUT2D eigenvalue weighted by Crippen LogP contribution is -2.37. The van der Waals surface area contributed by atoms with Crippen molar-refractivity contribution in [3.05, 3.63) is 89.6 Å². The minimum atomic E-state index is -0.855. The van der Waals surface area contributed by atoms with Crippen LogP contribution in [0.2, 0.25) is 0 Å². The molecule has 0 radical (unpaired) electrons. The lowest BCUT2D eigenvalue weighted by Gasteiger charge is -2.21. The van der Waals surface area contributed by atoms with Crippen LogP contribution in [0.3, 0.4) is 0 Å². The van der Waals surface area contributed by atoms with Gasteiger partial charge in [-0.2, -0.15) is 0 Å². The number of fused-ring (bicyclic) bond motifs is 2. The van der Waals surface area contributed by atoms with Crippen LogP contribution in [0, 0.1) is 6.92 Å². The number of ether oxygens (including phenoxy) is 2. The van der Waals surface area contributed by atoms with E-state index in [1.807, 2.05) is 61.7 Å². The van der Waals surface area contributed by atoms with Gasteiger partial charge in [-0.25, -0.2) is 0 Å². The molecule has 3 aromatic carbocycles. The van der Waals surface area contributed by atoms with Crippen LogP contribution in [-0.4, -0.2) is 30.0 Å². The number of carbonyl (C=O) groups excluding carboxylic acids is 2. The lowest BCUT2D eigenvalue weighted by atomic mass is 10.0. The molecule has 0 aliphatic carbocycles. The zero-order valence-corrected chi connectivity index (χ0v) is 18.8. The molecule has 1 aliphatic heterocycles. The van der Waals surface area contributed by atoms with Crippen LogP contribution < -0.4 is 20.1 Å². The minimum Gasteiger partial charge on any atom is -0.486 e. The van der Waals surface area contributed by atoms with Gasteiger partial charge in [0.05, 0.1) is 6.42 Å². The third-order valence-electron chi connectivity index (χ3n) is 5.81. The van der Waals surface area contributed by atoms with Gasteiger partial charge < -0.3 is 25.1 Å². The van der Waals surface area contributed by atoms with E-state index in [0.717, 1.165) is 22.0 Å². The molecule has 3 N–H and O–H groups in total. The van der Waals surface area contributed by atoms with Crippen LogP contribution in [0.5, 0.6) is 11.5 Å². The Kier molecular flexibility index (Phi) is 5.91. The lowest BCUT2D eigenvalue weighted by molar-refractivity contribution is -0.126. The number of amides is 2. The number of hydrogen-bond donors (Lipinski definition) is 3. The van der Waals surface area contributed by atoms with E-state index in [2.05, 4.69) is 15.6 Å². The molecule has 1 aromatic heterocycles. The van der Waals surface area contributed by atoms with E-state index in [-0.39, 0.29) is 18.2 Å². The molecule has 0 fully saturated rings. The van der Waals surface area contributed by atoms with Crippen LogP contribution in [0.15, 0.2) is 72.9 Å². The Hall–Kier alpha value is -4.26. The third kappa shape index (κ3) is 4.59. The second-order valence-corrected chi connectivity index (χ2v) is 8.30. The van der Waals surface area contributed by atoms with Gasteiger partial charge in [0.25, 0.3) is 5.91 Å². The molecular formula is C27H25N3O4. The molecule has 0 saturated carbocycles. The fourth-order valence-electron chi connectivity index (χ4n) is 4.06. The number of benzene rings is 3. The van der Waals surface area contributed by atoms with Crippen molar-refractivity contribution in [3.8, 4) is 11.5 Å². The van der Waals surface area contributed by atoms with Crippen molar-refractivity contribution in [1.82, 2.24) is 10.3 Å². The van der Waals surface area contributed by atoms with Crippen LogP contribution in [0.4, 0.5) is 5.69 Å². The molecule has 1 atom stereocenters. The highest BCUT2D eigenvalue weighted by molar-refractivity contribution is 5.99. The Bertz CT molecular complexity index is 1340. The average molecular weight is 456 g/mol. The molecule has 7 nitrogen and oxygen atoms in total. The number of hydrogen-bond acceptors (Lipinski definition) is 4. The van der Waals surface area contributed by atoms with E-state index >= 15 is 0 Å². The molecule has 1 aliphatic rings. The summed E-state index contributed by atoms with van der Waals surface area (Å²) in [5.74, 6) is 0.645. The smallest absolute Gasteiger partial charge is 0.251 e. The minimum absolute atomic E-state index is 0.156. The van der Waals surface area contributed by atoms with Crippen molar-refractivity contribution in [2.45, 2.75) is 19.4 Å². The number of aromatic nitrogens is 1. The fraction of sp³-hybridized carbons (Fsp3) is 0.185. The molecule has 2 heterocycles. The predicted octanol–water partition coefficient (Wildman–Crippen LogP) is 4.29. The summed E-state index contributed by atoms with van der Waals surface area (Å²) in [5, 5.41) is 6.81. The molecule has 1 unspecified atom stereocenters. The van der Waals surface area contributed by atoms with Crippen molar-refractivity contribution in [1.29, 1.82) is 0 Å². The topological polar surface area (TPSA) is 92.5 Å². The summed E-state index contributed by atoms with van der Waals surface area (Å²) in [6.45, 7) is 2.93. The van der Waals surface area contributed by atoms with E-state index in [0.29, 0.717) is 36.0 Å². The summed E-state index contributed by atoms with van der Waals surface area (Å²) in [6, 6.07) is 19.8. The summed E-state index contributed by atoms with van der Waals surface area (Å²) in [5.41, 5.74) is 4.18. The summed E-state index contributed by atoms with van der Waals surface area (Å²) < 4.78 is 11.2. The number of nitrogens with one attached hydrogen (secondary N) is 3. The zero-order chi connectivity index (χ0) is 23.5. The number of aromatic amines is 1. The summed E-state index contributed by atoms with van der Waals surface area (Å²) in [7, 11) is 0. The van der Waals surface area contributed by atoms with E-state index < -0.39 is 6.04 Å². The van der Waals surface area contributed by atoms with Crippen LogP contribution in [-0.2, 0) is 16.0 Å². The van der Waals surface area contributed by atoms with Gasteiger partial charge in [-0.1, -0.05) is 48.0 Å². The Morgan fingerprint density at radius 3 is 2.56 bits per heavy atom. The summed E-state index contributed by atoms with van der Waals surface area (Å²) >= 11 is 0. The Balaban J connectivity index is 1.36. The predicted molar refractivity (Wildman–Crippen MR) is 130 cm³/mol. The zero-order valence-electron chi connectivity index (χ0n) is 18.8. The number of rotatable bonds is 6. The van der Waals surface area contributed by atoms with Crippen molar-refractivity contribution >= 4 is 28.4 Å². The molecule has 0 bridgehead atoms.